The number of nitrogens with zero attached hydrogens (tertiary/aromatic N) is 2. The lowest BCUT2D eigenvalue weighted by atomic mass is 9.96. The largest absolute Gasteiger partial charge is 0.270 e. The Hall–Kier alpha value is -3.97. The van der Waals surface area contributed by atoms with Crippen LogP contribution in [0.5, 0.6) is 0 Å². The Balaban J connectivity index is 1.76. The van der Waals surface area contributed by atoms with Crippen LogP contribution in [0, 0.1) is 11.3 Å². The predicted octanol–water partition coefficient (Wildman–Crippen LogP) is 4.04. The van der Waals surface area contributed by atoms with Crippen molar-refractivity contribution in [1.82, 2.24) is 4.90 Å². The van der Waals surface area contributed by atoms with Gasteiger partial charge in [0.2, 0.25) is 0 Å². The van der Waals surface area contributed by atoms with Gasteiger partial charge in [0.05, 0.1) is 29.3 Å². The zero-order chi connectivity index (χ0) is 19.5. The van der Waals surface area contributed by atoms with E-state index in [1.54, 1.807) is 24.3 Å². The molecule has 3 aromatic rings. The molecule has 0 aromatic heterocycles. The number of hydrogen-bond donors (Lipinski definition) is 0. The van der Waals surface area contributed by atoms with Gasteiger partial charge in [-0.25, -0.2) is 0 Å². The summed E-state index contributed by atoms with van der Waals surface area (Å²) < 4.78 is 0. The number of hydrogen-bond acceptors (Lipinski definition) is 3. The van der Waals surface area contributed by atoms with Gasteiger partial charge in [0, 0.05) is 0 Å². The van der Waals surface area contributed by atoms with E-state index in [0.29, 0.717) is 16.7 Å². The number of imide groups is 1. The molecule has 1 aliphatic heterocycles. The number of carbonyl (C=O) groups excluding carboxylic acids is 2. The summed E-state index contributed by atoms with van der Waals surface area (Å²) in [6, 6.07) is 27.5. The van der Waals surface area contributed by atoms with E-state index >= 15 is 0 Å². The number of nitriles is 1. The summed E-state index contributed by atoms with van der Waals surface area (Å²) in [7, 11) is 0. The molecule has 0 radical (unpaired) electrons. The van der Waals surface area contributed by atoms with Gasteiger partial charge in [0.15, 0.2) is 0 Å². The summed E-state index contributed by atoms with van der Waals surface area (Å²) in [5.41, 5.74) is 3.62. The van der Waals surface area contributed by atoms with Crippen LogP contribution in [0.3, 0.4) is 0 Å². The Labute approximate surface area is 163 Å². The van der Waals surface area contributed by atoms with Gasteiger partial charge in [-0.15, -0.1) is 0 Å². The topological polar surface area (TPSA) is 61.2 Å². The number of rotatable bonds is 4. The molecule has 28 heavy (non-hydrogen) atoms. The molecule has 0 saturated heterocycles. The second-order valence-electron chi connectivity index (χ2n) is 6.49. The van der Waals surface area contributed by atoms with Crippen LogP contribution in [0.15, 0.2) is 84.9 Å². The Morgan fingerprint density at radius 3 is 1.57 bits per heavy atom. The lowest BCUT2D eigenvalue weighted by Crippen LogP contribution is -2.31. The summed E-state index contributed by atoms with van der Waals surface area (Å²) in [6.07, 6.45) is 0. The summed E-state index contributed by atoms with van der Waals surface area (Å²) in [5.74, 6) is -0.612. The monoisotopic (exact) mass is 364 g/mol. The van der Waals surface area contributed by atoms with E-state index in [9.17, 15) is 9.59 Å². The Bertz CT molecular complexity index is 1050. The number of benzene rings is 3. The molecule has 3 aromatic carbocycles. The fourth-order valence-electron chi connectivity index (χ4n) is 3.33. The molecule has 1 aliphatic rings. The van der Waals surface area contributed by atoms with Gasteiger partial charge in [-0.05, 0) is 28.8 Å². The van der Waals surface area contributed by atoms with Gasteiger partial charge in [-0.3, -0.25) is 14.5 Å². The maximum absolute atomic E-state index is 13.2. The van der Waals surface area contributed by atoms with Crippen molar-refractivity contribution in [2.75, 3.05) is 0 Å². The SMILES string of the molecule is N#Cc1ccc(CN2C(=O)C(c3ccccc3)=C(c3ccccc3)C2=O)cc1. The second kappa shape index (κ2) is 7.34. The van der Waals surface area contributed by atoms with Crippen LogP contribution in [0.25, 0.3) is 11.1 Å². The molecule has 0 aliphatic carbocycles. The third-order valence-corrected chi connectivity index (χ3v) is 4.72. The van der Waals surface area contributed by atoms with Crippen molar-refractivity contribution < 1.29 is 9.59 Å². The van der Waals surface area contributed by atoms with E-state index in [0.717, 1.165) is 16.7 Å². The first-order valence-corrected chi connectivity index (χ1v) is 8.89. The predicted molar refractivity (Wildman–Crippen MR) is 106 cm³/mol. The van der Waals surface area contributed by atoms with Gasteiger partial charge < -0.3 is 0 Å². The first-order chi connectivity index (χ1) is 13.7. The van der Waals surface area contributed by atoms with Crippen LogP contribution in [-0.4, -0.2) is 16.7 Å². The molecule has 0 N–H and O–H groups in total. The first kappa shape index (κ1) is 17.4. The Morgan fingerprint density at radius 2 is 1.14 bits per heavy atom. The fraction of sp³-hybridized carbons (Fsp3) is 0.0417. The van der Waals surface area contributed by atoms with Crippen molar-refractivity contribution in [3.05, 3.63) is 107 Å². The van der Waals surface area contributed by atoms with Gasteiger partial charge in [-0.2, -0.15) is 5.26 Å². The molecular weight excluding hydrogens is 348 g/mol. The van der Waals surface area contributed by atoms with Crippen LogP contribution in [0.2, 0.25) is 0 Å². The summed E-state index contributed by atoms with van der Waals surface area (Å²) in [6.45, 7) is 0.163. The zero-order valence-electron chi connectivity index (χ0n) is 15.0. The molecule has 0 bridgehead atoms. The van der Waals surface area contributed by atoms with E-state index in [-0.39, 0.29) is 18.4 Å². The molecule has 0 spiro atoms. The second-order valence-corrected chi connectivity index (χ2v) is 6.49. The molecule has 4 heteroatoms. The van der Waals surface area contributed by atoms with Crippen LogP contribution in [0.4, 0.5) is 0 Å². The molecule has 0 atom stereocenters. The third-order valence-electron chi connectivity index (χ3n) is 4.72. The van der Waals surface area contributed by atoms with Crippen molar-refractivity contribution in [2.45, 2.75) is 6.54 Å². The highest BCUT2D eigenvalue weighted by Crippen LogP contribution is 2.36. The van der Waals surface area contributed by atoms with Crippen LogP contribution in [0.1, 0.15) is 22.3 Å². The van der Waals surface area contributed by atoms with Crippen LogP contribution < -0.4 is 0 Å². The molecule has 4 rings (SSSR count). The number of carbonyl (C=O) groups is 2. The minimum atomic E-state index is -0.306. The zero-order valence-corrected chi connectivity index (χ0v) is 15.0. The Kier molecular flexibility index (Phi) is 4.57. The van der Waals surface area contributed by atoms with Crippen molar-refractivity contribution in [1.29, 1.82) is 5.26 Å². The molecule has 2 amide bonds. The molecule has 1 heterocycles. The maximum Gasteiger partial charge on any atom is 0.262 e. The summed E-state index contributed by atoms with van der Waals surface area (Å²) in [4.78, 5) is 27.7. The third kappa shape index (κ3) is 3.10. The first-order valence-electron chi connectivity index (χ1n) is 8.89. The molecule has 0 saturated carbocycles. The van der Waals surface area contributed by atoms with Crippen molar-refractivity contribution >= 4 is 23.0 Å². The van der Waals surface area contributed by atoms with Gasteiger partial charge in [-0.1, -0.05) is 72.8 Å². The molecule has 0 unspecified atom stereocenters. The minimum absolute atomic E-state index is 0.163. The minimum Gasteiger partial charge on any atom is -0.270 e. The van der Waals surface area contributed by atoms with E-state index < -0.39 is 0 Å². The van der Waals surface area contributed by atoms with Crippen molar-refractivity contribution in [3.63, 3.8) is 0 Å². The van der Waals surface area contributed by atoms with Crippen LogP contribution >= 0.6 is 0 Å². The van der Waals surface area contributed by atoms with E-state index in [1.165, 1.54) is 4.90 Å². The van der Waals surface area contributed by atoms with Crippen LogP contribution in [-0.2, 0) is 16.1 Å². The molecule has 4 nitrogen and oxygen atoms in total. The Morgan fingerprint density at radius 1 is 0.679 bits per heavy atom. The van der Waals surface area contributed by atoms with E-state index in [1.807, 2.05) is 60.7 Å². The smallest absolute Gasteiger partial charge is 0.262 e. The summed E-state index contributed by atoms with van der Waals surface area (Å²) in [5, 5.41) is 8.94. The van der Waals surface area contributed by atoms with Crippen molar-refractivity contribution in [3.8, 4) is 6.07 Å². The normalized spacial score (nSPS) is 13.8. The highest BCUT2D eigenvalue weighted by atomic mass is 16.2. The molecule has 134 valence electrons. The van der Waals surface area contributed by atoms with Crippen molar-refractivity contribution in [2.24, 2.45) is 0 Å². The highest BCUT2D eigenvalue weighted by molar-refractivity contribution is 6.48. The van der Waals surface area contributed by atoms with E-state index in [4.69, 9.17) is 5.26 Å². The highest BCUT2D eigenvalue weighted by Gasteiger charge is 2.39. The fourth-order valence-corrected chi connectivity index (χ4v) is 3.33. The van der Waals surface area contributed by atoms with Gasteiger partial charge in [0.25, 0.3) is 11.8 Å². The maximum atomic E-state index is 13.2. The lowest BCUT2D eigenvalue weighted by molar-refractivity contribution is -0.136. The molecular formula is C24H16N2O2. The standard InChI is InChI=1S/C24H16N2O2/c25-15-17-11-13-18(14-12-17)16-26-23(27)21(19-7-3-1-4-8-19)22(24(26)28)20-9-5-2-6-10-20/h1-14H,16H2. The summed E-state index contributed by atoms with van der Waals surface area (Å²) >= 11 is 0. The van der Waals surface area contributed by atoms with E-state index in [2.05, 4.69) is 6.07 Å². The number of amides is 2. The quantitative estimate of drug-likeness (QED) is 0.657. The molecule has 0 fully saturated rings. The lowest BCUT2D eigenvalue weighted by Gasteiger charge is -2.15. The average molecular weight is 364 g/mol. The van der Waals surface area contributed by atoms with Gasteiger partial charge >= 0.3 is 0 Å². The average Bonchev–Trinajstić information content (AvgIpc) is 3.00. The van der Waals surface area contributed by atoms with Gasteiger partial charge in [0.1, 0.15) is 0 Å².